The zero-order chi connectivity index (χ0) is 18.5. The van der Waals surface area contributed by atoms with Crippen molar-refractivity contribution in [2.75, 3.05) is 0 Å². The Kier molecular flexibility index (Phi) is 3.83. The summed E-state index contributed by atoms with van der Waals surface area (Å²) in [4.78, 5) is 4.47. The van der Waals surface area contributed by atoms with E-state index in [1.54, 1.807) is 21.3 Å². The number of rotatable bonds is 4. The molecule has 2 aromatic carbocycles. The van der Waals surface area contributed by atoms with Crippen LogP contribution in [-0.4, -0.2) is 28.8 Å². The second kappa shape index (κ2) is 5.83. The van der Waals surface area contributed by atoms with Crippen LogP contribution in [-0.2, 0) is 4.65 Å². The monoisotopic (exact) mass is 346 g/mol. The van der Waals surface area contributed by atoms with E-state index >= 15 is 0 Å². The number of fused-ring (bicyclic) bond motifs is 5. The molecule has 0 spiro atoms. The lowest BCUT2D eigenvalue weighted by atomic mass is 9.82. The highest BCUT2D eigenvalue weighted by Gasteiger charge is 2.36. The Balaban J connectivity index is 1.84. The molecule has 0 aliphatic carbocycles. The summed E-state index contributed by atoms with van der Waals surface area (Å²) in [7, 11) is 1.66. The third kappa shape index (κ3) is 2.68. The molecule has 1 N–H and O–H groups in total. The molecule has 4 nitrogen and oxygen atoms in total. The average Bonchev–Trinajstić information content (AvgIpc) is 2.98. The summed E-state index contributed by atoms with van der Waals surface area (Å²) < 4.78 is 12.0. The maximum atomic E-state index is 10.3. The molecule has 0 fully saturated rings. The topological polar surface area (TPSA) is 55.5 Å². The number of aliphatic hydroxyl groups is 1. The van der Waals surface area contributed by atoms with E-state index in [1.807, 2.05) is 56.4 Å². The summed E-state index contributed by atoms with van der Waals surface area (Å²) in [6.45, 7) is 7.19. The lowest BCUT2D eigenvalue weighted by Gasteiger charge is -2.37. The number of nitrogens with zero attached hydrogens (tertiary/aromatic N) is 1. The number of pyridine rings is 1. The molecule has 0 bridgehead atoms. The third-order valence-corrected chi connectivity index (χ3v) is 5.23. The van der Waals surface area contributed by atoms with Gasteiger partial charge in [0, 0.05) is 17.0 Å². The van der Waals surface area contributed by atoms with Gasteiger partial charge in [-0.3, -0.25) is 0 Å². The summed E-state index contributed by atoms with van der Waals surface area (Å²) >= 11 is 0. The number of hydrogen-bond donors (Lipinski definition) is 1. The third-order valence-electron chi connectivity index (χ3n) is 5.23. The van der Waals surface area contributed by atoms with Gasteiger partial charge in [-0.05, 0) is 38.5 Å². The van der Waals surface area contributed by atoms with Gasteiger partial charge in [0.2, 0.25) is 5.71 Å². The number of aromatic nitrogens is 1. The Labute approximate surface area is 153 Å². The van der Waals surface area contributed by atoms with E-state index in [1.165, 1.54) is 0 Å². The molecule has 0 saturated heterocycles. The number of furan rings is 1. The molecule has 0 aliphatic heterocycles. The van der Waals surface area contributed by atoms with Crippen LogP contribution in [0.25, 0.3) is 32.8 Å². The Morgan fingerprint density at radius 2 is 1.73 bits per heavy atom. The minimum atomic E-state index is -0.983. The predicted molar refractivity (Wildman–Crippen MR) is 106 cm³/mol. The van der Waals surface area contributed by atoms with Crippen LogP contribution in [0.2, 0.25) is 0 Å². The molecule has 0 atom stereocenters. The molecule has 0 saturated carbocycles. The fourth-order valence-electron chi connectivity index (χ4n) is 2.89. The normalized spacial score (nSPS) is 13.0. The van der Waals surface area contributed by atoms with Gasteiger partial charge < -0.3 is 14.2 Å². The molecule has 131 valence electrons. The van der Waals surface area contributed by atoms with E-state index in [9.17, 15) is 5.11 Å². The highest BCUT2D eigenvalue weighted by molar-refractivity contribution is 6.51. The summed E-state index contributed by atoms with van der Waals surface area (Å²) in [6, 6.07) is 14.1. The summed E-state index contributed by atoms with van der Waals surface area (Å²) in [5.74, 6) is 0. The number of hydrogen-bond acceptors (Lipinski definition) is 4. The van der Waals surface area contributed by atoms with Crippen molar-refractivity contribution in [1.82, 2.24) is 4.98 Å². The van der Waals surface area contributed by atoms with E-state index in [0.29, 0.717) is 5.71 Å². The molecular formula is C21H21BNO3. The lowest BCUT2D eigenvalue weighted by molar-refractivity contribution is -0.0893. The SMILES string of the molecule is CC(C)(O)C(C)(C)O[B]c1cccc2c1oc1ncc3ccccc3c12. The van der Waals surface area contributed by atoms with Crippen LogP contribution in [0.4, 0.5) is 0 Å². The van der Waals surface area contributed by atoms with Crippen LogP contribution >= 0.6 is 0 Å². The van der Waals surface area contributed by atoms with Crippen LogP contribution in [0.3, 0.4) is 0 Å². The Hall–Kier alpha value is -2.37. The van der Waals surface area contributed by atoms with Crippen molar-refractivity contribution in [2.45, 2.75) is 38.9 Å². The lowest BCUT2D eigenvalue weighted by Crippen LogP contribution is -2.49. The van der Waals surface area contributed by atoms with Gasteiger partial charge in [-0.15, -0.1) is 0 Å². The molecule has 2 aromatic heterocycles. The van der Waals surface area contributed by atoms with Crippen LogP contribution in [0.15, 0.2) is 53.1 Å². The van der Waals surface area contributed by atoms with Gasteiger partial charge in [0.1, 0.15) is 5.58 Å². The standard InChI is InChI=1S/C21H21BNO3/c1-20(2,24)21(3,4)26-22-16-11-7-10-15-17-14-9-6-5-8-13(14)12-23-19(17)25-18(15)16/h5-12,24H,1-4H3. The molecule has 4 rings (SSSR count). The minimum Gasteiger partial charge on any atom is -0.438 e. The molecule has 0 unspecified atom stereocenters. The summed E-state index contributed by atoms with van der Waals surface area (Å²) in [6.07, 6.45) is 1.83. The van der Waals surface area contributed by atoms with Crippen LogP contribution < -0.4 is 5.46 Å². The first-order valence-corrected chi connectivity index (χ1v) is 8.70. The summed E-state index contributed by atoms with van der Waals surface area (Å²) in [5, 5.41) is 14.5. The Morgan fingerprint density at radius 3 is 2.50 bits per heavy atom. The van der Waals surface area contributed by atoms with E-state index in [-0.39, 0.29) is 0 Å². The van der Waals surface area contributed by atoms with Gasteiger partial charge >= 0.3 is 7.48 Å². The molecular weight excluding hydrogens is 325 g/mol. The van der Waals surface area contributed by atoms with Gasteiger partial charge in [0.05, 0.1) is 16.6 Å². The van der Waals surface area contributed by atoms with Crippen molar-refractivity contribution in [3.8, 4) is 0 Å². The fourth-order valence-corrected chi connectivity index (χ4v) is 2.89. The zero-order valence-electron chi connectivity index (χ0n) is 15.4. The number of para-hydroxylation sites is 1. The van der Waals surface area contributed by atoms with Crippen molar-refractivity contribution in [3.63, 3.8) is 0 Å². The second-order valence-electron chi connectivity index (χ2n) is 7.66. The highest BCUT2D eigenvalue weighted by atomic mass is 16.5. The predicted octanol–water partition coefficient (Wildman–Crippen LogP) is 3.94. The van der Waals surface area contributed by atoms with Gasteiger partial charge in [0.15, 0.2) is 0 Å². The maximum absolute atomic E-state index is 10.3. The number of benzene rings is 2. The van der Waals surface area contributed by atoms with Crippen molar-refractivity contribution in [3.05, 3.63) is 48.7 Å². The van der Waals surface area contributed by atoms with Gasteiger partial charge in [0.25, 0.3) is 0 Å². The van der Waals surface area contributed by atoms with E-state index in [4.69, 9.17) is 9.07 Å². The summed E-state index contributed by atoms with van der Waals surface area (Å²) in [5.41, 5.74) is 0.441. The molecule has 5 heteroatoms. The highest BCUT2D eigenvalue weighted by Crippen LogP contribution is 2.32. The average molecular weight is 346 g/mol. The zero-order valence-corrected chi connectivity index (χ0v) is 15.4. The molecule has 0 amide bonds. The molecule has 1 radical (unpaired) electrons. The van der Waals surface area contributed by atoms with Crippen LogP contribution in [0, 0.1) is 0 Å². The van der Waals surface area contributed by atoms with E-state index < -0.39 is 11.2 Å². The van der Waals surface area contributed by atoms with E-state index in [0.717, 1.165) is 32.6 Å². The second-order valence-corrected chi connectivity index (χ2v) is 7.66. The van der Waals surface area contributed by atoms with Crippen LogP contribution in [0.1, 0.15) is 27.7 Å². The van der Waals surface area contributed by atoms with Crippen molar-refractivity contribution < 1.29 is 14.2 Å². The smallest absolute Gasteiger partial charge is 0.334 e. The quantitative estimate of drug-likeness (QED) is 0.569. The molecule has 26 heavy (non-hydrogen) atoms. The van der Waals surface area contributed by atoms with Gasteiger partial charge in [-0.25, -0.2) is 4.98 Å². The largest absolute Gasteiger partial charge is 0.438 e. The Bertz CT molecular complexity index is 1110. The Morgan fingerprint density at radius 1 is 1.00 bits per heavy atom. The van der Waals surface area contributed by atoms with Gasteiger partial charge in [-0.2, -0.15) is 0 Å². The first-order chi connectivity index (χ1) is 12.3. The first-order valence-electron chi connectivity index (χ1n) is 8.70. The van der Waals surface area contributed by atoms with E-state index in [2.05, 4.69) is 11.1 Å². The minimum absolute atomic E-state index is 0.612. The maximum Gasteiger partial charge on any atom is 0.334 e. The molecule has 2 heterocycles. The molecule has 4 aromatic rings. The van der Waals surface area contributed by atoms with Crippen molar-refractivity contribution >= 4 is 45.8 Å². The fraction of sp³-hybridized carbons (Fsp3) is 0.286. The van der Waals surface area contributed by atoms with Crippen molar-refractivity contribution in [1.29, 1.82) is 0 Å². The van der Waals surface area contributed by atoms with Crippen LogP contribution in [0.5, 0.6) is 0 Å². The van der Waals surface area contributed by atoms with Crippen molar-refractivity contribution in [2.24, 2.45) is 0 Å². The molecule has 0 aliphatic rings. The first kappa shape index (κ1) is 17.1. The van der Waals surface area contributed by atoms with Gasteiger partial charge in [-0.1, -0.05) is 42.5 Å².